The summed E-state index contributed by atoms with van der Waals surface area (Å²) in [5.41, 5.74) is 0.919. The summed E-state index contributed by atoms with van der Waals surface area (Å²) in [6.07, 6.45) is 0.228. The van der Waals surface area contributed by atoms with Crippen LogP contribution in [0, 0.1) is 0 Å². The number of aliphatic carboxylic acids is 1. The van der Waals surface area contributed by atoms with Gasteiger partial charge in [0, 0.05) is 6.04 Å². The number of carboxylic acids is 1. The fraction of sp³-hybridized carbons (Fsp3) is 0.333. The van der Waals surface area contributed by atoms with Gasteiger partial charge in [0.2, 0.25) is 5.91 Å². The van der Waals surface area contributed by atoms with E-state index in [2.05, 4.69) is 5.32 Å². The average Bonchev–Trinajstić information content (AvgIpc) is 2.17. The predicted molar refractivity (Wildman–Crippen MR) is 60.0 cm³/mol. The SMILES string of the molecule is C[C@@H](CC(=O)O)NC(=O)Cc1ccccc1. The van der Waals surface area contributed by atoms with E-state index in [4.69, 9.17) is 5.11 Å². The third kappa shape index (κ3) is 4.59. The van der Waals surface area contributed by atoms with Crippen molar-refractivity contribution < 1.29 is 14.7 Å². The van der Waals surface area contributed by atoms with Gasteiger partial charge in [-0.3, -0.25) is 9.59 Å². The maximum Gasteiger partial charge on any atom is 0.305 e. The summed E-state index contributed by atoms with van der Waals surface area (Å²) in [5, 5.41) is 11.2. The maximum atomic E-state index is 11.5. The highest BCUT2D eigenvalue weighted by Gasteiger charge is 2.10. The van der Waals surface area contributed by atoms with Gasteiger partial charge in [0.1, 0.15) is 0 Å². The van der Waals surface area contributed by atoms with E-state index < -0.39 is 5.97 Å². The Balaban J connectivity index is 2.39. The molecule has 1 atom stereocenters. The van der Waals surface area contributed by atoms with Crippen LogP contribution in [0.4, 0.5) is 0 Å². The van der Waals surface area contributed by atoms with Crippen LogP contribution in [0.15, 0.2) is 30.3 Å². The van der Waals surface area contributed by atoms with Crippen LogP contribution in [0.5, 0.6) is 0 Å². The molecule has 0 aliphatic carbocycles. The van der Waals surface area contributed by atoms with Gasteiger partial charge in [-0.15, -0.1) is 0 Å². The van der Waals surface area contributed by atoms with Crippen LogP contribution in [0.2, 0.25) is 0 Å². The van der Waals surface area contributed by atoms with Crippen LogP contribution in [0.1, 0.15) is 18.9 Å². The number of carbonyl (C=O) groups is 2. The smallest absolute Gasteiger partial charge is 0.305 e. The summed E-state index contributed by atoms with van der Waals surface area (Å²) in [6.45, 7) is 1.68. The van der Waals surface area contributed by atoms with Crippen molar-refractivity contribution in [3.63, 3.8) is 0 Å². The molecule has 4 heteroatoms. The molecule has 0 saturated heterocycles. The van der Waals surface area contributed by atoms with Crippen LogP contribution in [-0.4, -0.2) is 23.0 Å². The number of nitrogens with one attached hydrogen (secondary N) is 1. The molecule has 0 bridgehead atoms. The average molecular weight is 221 g/mol. The Morgan fingerprint density at radius 2 is 1.94 bits per heavy atom. The molecule has 1 amide bonds. The van der Waals surface area contributed by atoms with Gasteiger partial charge in [-0.2, -0.15) is 0 Å². The number of hydrogen-bond acceptors (Lipinski definition) is 2. The summed E-state index contributed by atoms with van der Waals surface area (Å²) in [6, 6.07) is 9.00. The van der Waals surface area contributed by atoms with Gasteiger partial charge in [0.05, 0.1) is 12.8 Å². The molecule has 16 heavy (non-hydrogen) atoms. The highest BCUT2D eigenvalue weighted by atomic mass is 16.4. The summed E-state index contributed by atoms with van der Waals surface area (Å²) in [4.78, 5) is 21.9. The molecule has 1 aromatic rings. The van der Waals surface area contributed by atoms with Crippen molar-refractivity contribution in [2.75, 3.05) is 0 Å². The van der Waals surface area contributed by atoms with Crippen molar-refractivity contribution in [1.82, 2.24) is 5.32 Å². The highest BCUT2D eigenvalue weighted by Crippen LogP contribution is 2.00. The fourth-order valence-electron chi connectivity index (χ4n) is 1.42. The van der Waals surface area contributed by atoms with E-state index in [0.29, 0.717) is 0 Å². The Hall–Kier alpha value is -1.84. The molecule has 0 heterocycles. The molecule has 0 fully saturated rings. The maximum absolute atomic E-state index is 11.5. The lowest BCUT2D eigenvalue weighted by molar-refractivity contribution is -0.137. The van der Waals surface area contributed by atoms with Gasteiger partial charge in [-0.1, -0.05) is 30.3 Å². The number of benzene rings is 1. The summed E-state index contributed by atoms with van der Waals surface area (Å²) in [7, 11) is 0. The molecule has 0 aliphatic heterocycles. The minimum absolute atomic E-state index is 0.0550. The summed E-state index contributed by atoms with van der Waals surface area (Å²) in [5.74, 6) is -1.06. The van der Waals surface area contributed by atoms with Crippen LogP contribution in [0.3, 0.4) is 0 Å². The third-order valence-corrected chi connectivity index (χ3v) is 2.10. The summed E-state index contributed by atoms with van der Waals surface area (Å²) < 4.78 is 0. The number of carbonyl (C=O) groups excluding carboxylic acids is 1. The Morgan fingerprint density at radius 3 is 2.50 bits per heavy atom. The number of hydrogen-bond donors (Lipinski definition) is 2. The van der Waals surface area contributed by atoms with Crippen molar-refractivity contribution in [3.8, 4) is 0 Å². The van der Waals surface area contributed by atoms with E-state index in [-0.39, 0.29) is 24.8 Å². The van der Waals surface area contributed by atoms with Crippen molar-refractivity contribution >= 4 is 11.9 Å². The largest absolute Gasteiger partial charge is 0.481 e. The minimum Gasteiger partial charge on any atom is -0.481 e. The first-order valence-electron chi connectivity index (χ1n) is 5.13. The zero-order valence-electron chi connectivity index (χ0n) is 9.14. The van der Waals surface area contributed by atoms with Crippen molar-refractivity contribution in [2.45, 2.75) is 25.8 Å². The Kier molecular flexibility index (Phi) is 4.51. The minimum atomic E-state index is -0.910. The number of carboxylic acid groups (broad SMARTS) is 1. The molecule has 0 aromatic heterocycles. The lowest BCUT2D eigenvalue weighted by Crippen LogP contribution is -2.35. The molecule has 0 radical (unpaired) electrons. The molecule has 1 aromatic carbocycles. The molecule has 4 nitrogen and oxygen atoms in total. The van der Waals surface area contributed by atoms with E-state index in [1.807, 2.05) is 30.3 Å². The Labute approximate surface area is 94.3 Å². The third-order valence-electron chi connectivity index (χ3n) is 2.10. The highest BCUT2D eigenvalue weighted by molar-refractivity contribution is 5.79. The van der Waals surface area contributed by atoms with E-state index in [1.54, 1.807) is 6.92 Å². The lowest BCUT2D eigenvalue weighted by atomic mass is 10.1. The molecular formula is C12H15NO3. The normalized spacial score (nSPS) is 11.8. The van der Waals surface area contributed by atoms with Crippen LogP contribution in [-0.2, 0) is 16.0 Å². The van der Waals surface area contributed by atoms with Gasteiger partial charge < -0.3 is 10.4 Å². The second-order valence-corrected chi connectivity index (χ2v) is 3.73. The van der Waals surface area contributed by atoms with Crippen LogP contribution in [0.25, 0.3) is 0 Å². The topological polar surface area (TPSA) is 66.4 Å². The molecule has 2 N–H and O–H groups in total. The lowest BCUT2D eigenvalue weighted by Gasteiger charge is -2.11. The second kappa shape index (κ2) is 5.90. The first-order valence-corrected chi connectivity index (χ1v) is 5.13. The zero-order chi connectivity index (χ0) is 12.0. The fourth-order valence-corrected chi connectivity index (χ4v) is 1.42. The standard InChI is InChI=1S/C12H15NO3/c1-9(7-12(15)16)13-11(14)8-10-5-3-2-4-6-10/h2-6,9H,7-8H2,1H3,(H,13,14)(H,15,16)/t9-/m0/s1. The van der Waals surface area contributed by atoms with Crippen molar-refractivity contribution in [3.05, 3.63) is 35.9 Å². The first-order chi connectivity index (χ1) is 7.58. The van der Waals surface area contributed by atoms with Gasteiger partial charge in [0.25, 0.3) is 0 Å². The zero-order valence-corrected chi connectivity index (χ0v) is 9.14. The van der Waals surface area contributed by atoms with E-state index >= 15 is 0 Å². The molecule has 0 saturated carbocycles. The van der Waals surface area contributed by atoms with Crippen molar-refractivity contribution in [1.29, 1.82) is 0 Å². The Bertz CT molecular complexity index is 362. The number of amides is 1. The monoisotopic (exact) mass is 221 g/mol. The summed E-state index contributed by atoms with van der Waals surface area (Å²) >= 11 is 0. The predicted octanol–water partition coefficient (Wildman–Crippen LogP) is 1.21. The molecule has 0 aliphatic rings. The molecule has 0 spiro atoms. The van der Waals surface area contributed by atoms with Gasteiger partial charge in [-0.25, -0.2) is 0 Å². The molecule has 0 unspecified atom stereocenters. The Morgan fingerprint density at radius 1 is 1.31 bits per heavy atom. The number of rotatable bonds is 5. The first kappa shape index (κ1) is 12.2. The molecular weight excluding hydrogens is 206 g/mol. The van der Waals surface area contributed by atoms with Crippen LogP contribution < -0.4 is 5.32 Å². The molecule has 86 valence electrons. The van der Waals surface area contributed by atoms with Gasteiger partial charge >= 0.3 is 5.97 Å². The van der Waals surface area contributed by atoms with E-state index in [0.717, 1.165) is 5.56 Å². The van der Waals surface area contributed by atoms with Crippen molar-refractivity contribution in [2.24, 2.45) is 0 Å². The van der Waals surface area contributed by atoms with E-state index in [1.165, 1.54) is 0 Å². The van der Waals surface area contributed by atoms with Gasteiger partial charge in [-0.05, 0) is 12.5 Å². The van der Waals surface area contributed by atoms with Gasteiger partial charge in [0.15, 0.2) is 0 Å². The van der Waals surface area contributed by atoms with Crippen LogP contribution >= 0.6 is 0 Å². The second-order valence-electron chi connectivity index (χ2n) is 3.73. The molecule has 1 rings (SSSR count). The quantitative estimate of drug-likeness (QED) is 0.785. The van der Waals surface area contributed by atoms with E-state index in [9.17, 15) is 9.59 Å².